The molecule has 0 aromatic heterocycles. The molecule has 3 saturated heterocycles. The summed E-state index contributed by atoms with van der Waals surface area (Å²) in [5.41, 5.74) is 9.64. The van der Waals surface area contributed by atoms with Crippen LogP contribution in [0.4, 0.5) is 5.69 Å². The van der Waals surface area contributed by atoms with Crippen molar-refractivity contribution < 1.29 is 24.1 Å². The lowest BCUT2D eigenvalue weighted by molar-refractivity contribution is -0.278. The Morgan fingerprint density at radius 1 is 1.00 bits per heavy atom. The van der Waals surface area contributed by atoms with Crippen LogP contribution in [0, 0.1) is 5.92 Å². The molecule has 0 bridgehead atoms. The van der Waals surface area contributed by atoms with E-state index in [-0.39, 0.29) is 30.5 Å². The van der Waals surface area contributed by atoms with Crippen molar-refractivity contribution in [3.8, 4) is 0 Å². The van der Waals surface area contributed by atoms with Crippen LogP contribution in [0.2, 0.25) is 0 Å². The van der Waals surface area contributed by atoms with E-state index in [1.54, 1.807) is 0 Å². The van der Waals surface area contributed by atoms with Gasteiger partial charge in [0.2, 0.25) is 0 Å². The molecule has 5 rings (SSSR count). The van der Waals surface area contributed by atoms with Gasteiger partial charge in [-0.3, -0.25) is 0 Å². The number of aliphatic hydroxyl groups is 1. The van der Waals surface area contributed by atoms with Gasteiger partial charge in [-0.25, -0.2) is 0 Å². The Kier molecular flexibility index (Phi) is 6.69. The van der Waals surface area contributed by atoms with Crippen molar-refractivity contribution in [2.45, 2.75) is 50.7 Å². The highest BCUT2D eigenvalue weighted by Gasteiger charge is 2.43. The van der Waals surface area contributed by atoms with Gasteiger partial charge < -0.3 is 34.7 Å². The Morgan fingerprint density at radius 3 is 2.39 bits per heavy atom. The summed E-state index contributed by atoms with van der Waals surface area (Å²) in [5, 5.41) is 9.42. The molecule has 3 heterocycles. The number of anilines is 1. The van der Waals surface area contributed by atoms with Crippen LogP contribution in [0.3, 0.4) is 0 Å². The van der Waals surface area contributed by atoms with Gasteiger partial charge >= 0.3 is 0 Å². The van der Waals surface area contributed by atoms with E-state index in [0.29, 0.717) is 18.9 Å². The van der Waals surface area contributed by atoms with E-state index in [1.807, 2.05) is 48.5 Å². The highest BCUT2D eigenvalue weighted by molar-refractivity contribution is 5.41. The minimum atomic E-state index is -0.491. The van der Waals surface area contributed by atoms with Gasteiger partial charge in [0.15, 0.2) is 12.1 Å². The van der Waals surface area contributed by atoms with E-state index in [1.165, 1.54) is 0 Å². The second kappa shape index (κ2) is 9.70. The standard InChI is InChI=1S/C26H34N2O5/c1-18-23(16-28-11-9-26(10-12-28)30-13-14-31-26)32-25(21-3-2-4-22(27)15-21)33-24(18)20-7-5-19(17-29)6-8-20/h2-8,15,18,23-25,29H,9-14,16-17,27H2,1H3/t18-,23+,24+,25+/m0/s1. The number of piperidine rings is 1. The number of aliphatic hydroxyl groups excluding tert-OH is 1. The molecule has 0 amide bonds. The predicted octanol–water partition coefficient (Wildman–Crippen LogP) is 3.39. The van der Waals surface area contributed by atoms with Crippen molar-refractivity contribution in [3.63, 3.8) is 0 Å². The van der Waals surface area contributed by atoms with Gasteiger partial charge in [-0.15, -0.1) is 0 Å². The van der Waals surface area contributed by atoms with Crippen molar-refractivity contribution >= 4 is 5.69 Å². The maximum absolute atomic E-state index is 9.42. The molecule has 0 unspecified atom stereocenters. The van der Waals surface area contributed by atoms with Gasteiger partial charge in [-0.05, 0) is 23.3 Å². The van der Waals surface area contributed by atoms with Gasteiger partial charge in [0.25, 0.3) is 0 Å². The molecule has 2 aromatic rings. The predicted molar refractivity (Wildman–Crippen MR) is 124 cm³/mol. The molecule has 3 fully saturated rings. The number of ether oxygens (including phenoxy) is 4. The molecule has 33 heavy (non-hydrogen) atoms. The number of nitrogen functional groups attached to an aromatic ring is 1. The maximum atomic E-state index is 9.42. The molecule has 0 radical (unpaired) electrons. The summed E-state index contributed by atoms with van der Waals surface area (Å²) in [6.45, 7) is 6.28. The molecule has 2 aromatic carbocycles. The number of hydrogen-bond acceptors (Lipinski definition) is 7. The second-order valence-corrected chi connectivity index (χ2v) is 9.40. The molecule has 0 aliphatic carbocycles. The maximum Gasteiger partial charge on any atom is 0.185 e. The van der Waals surface area contributed by atoms with Crippen molar-refractivity contribution in [3.05, 3.63) is 65.2 Å². The number of rotatable bonds is 5. The fourth-order valence-electron chi connectivity index (χ4n) is 5.15. The largest absolute Gasteiger partial charge is 0.399 e. The number of hydrogen-bond donors (Lipinski definition) is 2. The summed E-state index contributed by atoms with van der Waals surface area (Å²) in [6.07, 6.45) is 1.15. The number of likely N-dealkylation sites (tertiary alicyclic amines) is 1. The van der Waals surface area contributed by atoms with Crippen LogP contribution in [0.15, 0.2) is 48.5 Å². The Labute approximate surface area is 195 Å². The zero-order valence-electron chi connectivity index (χ0n) is 19.2. The third-order valence-electron chi connectivity index (χ3n) is 7.18. The Balaban J connectivity index is 1.34. The van der Waals surface area contributed by atoms with Crippen LogP contribution in [0.25, 0.3) is 0 Å². The molecule has 178 valence electrons. The number of nitrogens with zero attached hydrogens (tertiary/aromatic N) is 1. The van der Waals surface area contributed by atoms with Gasteiger partial charge in [0, 0.05) is 49.6 Å². The molecule has 0 saturated carbocycles. The lowest BCUT2D eigenvalue weighted by Crippen LogP contribution is -2.50. The van der Waals surface area contributed by atoms with Crippen LogP contribution >= 0.6 is 0 Å². The minimum absolute atomic E-state index is 0.00726. The first-order valence-corrected chi connectivity index (χ1v) is 11.9. The summed E-state index contributed by atoms with van der Waals surface area (Å²) in [4.78, 5) is 2.45. The van der Waals surface area contributed by atoms with Crippen molar-refractivity contribution in [2.24, 2.45) is 5.92 Å². The van der Waals surface area contributed by atoms with E-state index >= 15 is 0 Å². The molecule has 4 atom stereocenters. The van der Waals surface area contributed by atoms with Crippen LogP contribution in [0.5, 0.6) is 0 Å². The number of benzene rings is 2. The smallest absolute Gasteiger partial charge is 0.185 e. The minimum Gasteiger partial charge on any atom is -0.399 e. The topological polar surface area (TPSA) is 86.4 Å². The Bertz CT molecular complexity index is 921. The van der Waals surface area contributed by atoms with Gasteiger partial charge in [0.1, 0.15) is 0 Å². The molecule has 3 aliphatic heterocycles. The van der Waals surface area contributed by atoms with E-state index in [9.17, 15) is 5.11 Å². The summed E-state index contributed by atoms with van der Waals surface area (Å²) < 4.78 is 24.8. The average molecular weight is 455 g/mol. The first kappa shape index (κ1) is 22.8. The summed E-state index contributed by atoms with van der Waals surface area (Å²) in [7, 11) is 0. The fraction of sp³-hybridized carbons (Fsp3) is 0.538. The quantitative estimate of drug-likeness (QED) is 0.670. The molecular formula is C26H34N2O5. The first-order valence-electron chi connectivity index (χ1n) is 11.9. The normalized spacial score (nSPS) is 30.0. The Morgan fingerprint density at radius 2 is 1.73 bits per heavy atom. The third kappa shape index (κ3) is 4.94. The lowest BCUT2D eigenvalue weighted by atomic mass is 9.89. The lowest BCUT2D eigenvalue weighted by Gasteiger charge is -2.44. The van der Waals surface area contributed by atoms with Crippen LogP contribution in [-0.4, -0.2) is 54.7 Å². The molecule has 7 nitrogen and oxygen atoms in total. The Hall–Kier alpha value is -2.00. The van der Waals surface area contributed by atoms with E-state index in [0.717, 1.165) is 49.2 Å². The molecule has 1 spiro atoms. The average Bonchev–Trinajstić information content (AvgIpc) is 3.30. The highest BCUT2D eigenvalue weighted by Crippen LogP contribution is 2.42. The van der Waals surface area contributed by atoms with Gasteiger partial charge in [0.05, 0.1) is 32.0 Å². The molecule has 3 N–H and O–H groups in total. The van der Waals surface area contributed by atoms with E-state index < -0.39 is 6.29 Å². The van der Waals surface area contributed by atoms with E-state index in [4.69, 9.17) is 24.7 Å². The van der Waals surface area contributed by atoms with Gasteiger partial charge in [-0.2, -0.15) is 0 Å². The number of nitrogens with two attached hydrogens (primary N) is 1. The van der Waals surface area contributed by atoms with E-state index in [2.05, 4.69) is 11.8 Å². The zero-order chi connectivity index (χ0) is 22.8. The second-order valence-electron chi connectivity index (χ2n) is 9.40. The summed E-state index contributed by atoms with van der Waals surface area (Å²) in [5.74, 6) is -0.225. The van der Waals surface area contributed by atoms with Crippen molar-refractivity contribution in [1.82, 2.24) is 4.90 Å². The summed E-state index contributed by atoms with van der Waals surface area (Å²) in [6, 6.07) is 15.7. The van der Waals surface area contributed by atoms with Crippen LogP contribution in [0.1, 0.15) is 48.8 Å². The monoisotopic (exact) mass is 454 g/mol. The van der Waals surface area contributed by atoms with Gasteiger partial charge in [-0.1, -0.05) is 43.3 Å². The highest BCUT2D eigenvalue weighted by atomic mass is 16.7. The molecule has 7 heteroatoms. The fourth-order valence-corrected chi connectivity index (χ4v) is 5.15. The third-order valence-corrected chi connectivity index (χ3v) is 7.18. The molecule has 3 aliphatic rings. The first-order chi connectivity index (χ1) is 16.0. The zero-order valence-corrected chi connectivity index (χ0v) is 19.2. The molecular weight excluding hydrogens is 420 g/mol. The van der Waals surface area contributed by atoms with Crippen molar-refractivity contribution in [1.29, 1.82) is 0 Å². The van der Waals surface area contributed by atoms with Crippen LogP contribution in [-0.2, 0) is 25.6 Å². The summed E-state index contributed by atoms with van der Waals surface area (Å²) >= 11 is 0. The van der Waals surface area contributed by atoms with Crippen LogP contribution < -0.4 is 5.73 Å². The SMILES string of the molecule is C[C@H]1[C@@H](CN2CCC3(CC2)OCCO3)O[C@@H](c2cccc(N)c2)O[C@H]1c1ccc(CO)cc1. The van der Waals surface area contributed by atoms with Crippen molar-refractivity contribution in [2.75, 3.05) is 38.6 Å².